The maximum atomic E-state index is 13.3. The van der Waals surface area contributed by atoms with Crippen molar-refractivity contribution in [3.63, 3.8) is 0 Å². The van der Waals surface area contributed by atoms with E-state index in [1.54, 1.807) is 0 Å². The van der Waals surface area contributed by atoms with E-state index >= 15 is 0 Å². The van der Waals surface area contributed by atoms with Crippen LogP contribution in [0.25, 0.3) is 0 Å². The summed E-state index contributed by atoms with van der Waals surface area (Å²) in [6.07, 6.45) is 71.8. The summed E-state index contributed by atoms with van der Waals surface area (Å²) < 4.78 is 5.91. The number of rotatable bonds is 49. The van der Waals surface area contributed by atoms with Crippen LogP contribution in [0.4, 0.5) is 0 Å². The van der Waals surface area contributed by atoms with Gasteiger partial charge in [0.25, 0.3) is 0 Å². The Morgan fingerprint density at radius 2 is 0.881 bits per heavy atom. The van der Waals surface area contributed by atoms with E-state index in [0.717, 1.165) is 96.3 Å². The number of allylic oxidation sites excluding steroid dienone is 16. The highest BCUT2D eigenvalue weighted by Crippen LogP contribution is 2.17. The highest BCUT2D eigenvalue weighted by molar-refractivity contribution is 5.77. The zero-order valence-electron chi connectivity index (χ0n) is 43.8. The van der Waals surface area contributed by atoms with Crippen molar-refractivity contribution in [2.75, 3.05) is 6.61 Å². The molecule has 67 heavy (non-hydrogen) atoms. The summed E-state index contributed by atoms with van der Waals surface area (Å²) >= 11 is 0. The quantitative estimate of drug-likeness (QED) is 0.0244. The zero-order valence-corrected chi connectivity index (χ0v) is 43.8. The lowest BCUT2D eigenvalue weighted by Crippen LogP contribution is -2.46. The number of hydrogen-bond acceptors (Lipinski definition) is 5. The monoisotopic (exact) mass is 932 g/mol. The molecule has 0 bridgehead atoms. The smallest absolute Gasteiger partial charge is 0.306 e. The summed E-state index contributed by atoms with van der Waals surface area (Å²) in [5.41, 5.74) is 0. The summed E-state index contributed by atoms with van der Waals surface area (Å²) in [5.74, 6) is -0.558. The van der Waals surface area contributed by atoms with Gasteiger partial charge in [-0.2, -0.15) is 0 Å². The molecule has 3 atom stereocenters. The molecular formula is C61H105NO5. The van der Waals surface area contributed by atoms with E-state index in [0.29, 0.717) is 19.3 Å². The minimum atomic E-state index is -0.813. The van der Waals surface area contributed by atoms with Gasteiger partial charge in [-0.25, -0.2) is 0 Å². The molecule has 0 heterocycles. The first-order valence-corrected chi connectivity index (χ1v) is 28.0. The first kappa shape index (κ1) is 63.8. The van der Waals surface area contributed by atoms with Crippen LogP contribution < -0.4 is 5.32 Å². The van der Waals surface area contributed by atoms with Crippen LogP contribution in [0, 0.1) is 0 Å². The molecule has 0 saturated carbocycles. The summed E-state index contributed by atoms with van der Waals surface area (Å²) in [7, 11) is 0. The molecule has 1 amide bonds. The van der Waals surface area contributed by atoms with Crippen LogP contribution in [0.5, 0.6) is 0 Å². The number of aliphatic hydroxyl groups excluding tert-OH is 2. The molecule has 0 aromatic carbocycles. The highest BCUT2D eigenvalue weighted by atomic mass is 16.5. The normalized spacial score (nSPS) is 13.9. The van der Waals surface area contributed by atoms with Crippen molar-refractivity contribution in [3.05, 3.63) is 97.2 Å². The van der Waals surface area contributed by atoms with Gasteiger partial charge in [-0.3, -0.25) is 9.59 Å². The predicted octanol–water partition coefficient (Wildman–Crippen LogP) is 17.3. The Labute approximate surface area is 414 Å². The van der Waals surface area contributed by atoms with Gasteiger partial charge < -0.3 is 20.3 Å². The van der Waals surface area contributed by atoms with Gasteiger partial charge in [-0.1, -0.05) is 253 Å². The summed E-state index contributed by atoms with van der Waals surface area (Å²) in [5, 5.41) is 23.9. The molecule has 0 aromatic heterocycles. The van der Waals surface area contributed by atoms with E-state index in [1.165, 1.54) is 109 Å². The number of esters is 1. The maximum absolute atomic E-state index is 13.3. The van der Waals surface area contributed by atoms with Crippen molar-refractivity contribution in [1.29, 1.82) is 0 Å². The molecule has 6 heteroatoms. The molecule has 0 aliphatic heterocycles. The molecule has 0 aliphatic rings. The molecule has 0 radical (unpaired) electrons. The third-order valence-corrected chi connectivity index (χ3v) is 12.2. The fraction of sp³-hybridized carbons (Fsp3) is 0.705. The van der Waals surface area contributed by atoms with Gasteiger partial charge >= 0.3 is 5.97 Å². The van der Waals surface area contributed by atoms with Crippen molar-refractivity contribution in [2.24, 2.45) is 0 Å². The van der Waals surface area contributed by atoms with Crippen molar-refractivity contribution in [1.82, 2.24) is 5.32 Å². The largest absolute Gasteiger partial charge is 0.462 e. The summed E-state index contributed by atoms with van der Waals surface area (Å²) in [6, 6.07) is -0.731. The van der Waals surface area contributed by atoms with Crippen LogP contribution in [0.2, 0.25) is 0 Å². The Morgan fingerprint density at radius 3 is 1.42 bits per heavy atom. The van der Waals surface area contributed by atoms with E-state index in [-0.39, 0.29) is 24.9 Å². The number of unbranched alkanes of at least 4 members (excludes halogenated alkanes) is 24. The van der Waals surface area contributed by atoms with E-state index in [4.69, 9.17) is 4.74 Å². The lowest BCUT2D eigenvalue weighted by Gasteiger charge is -2.24. The van der Waals surface area contributed by atoms with Gasteiger partial charge in [0.2, 0.25) is 5.91 Å². The van der Waals surface area contributed by atoms with Crippen molar-refractivity contribution < 1.29 is 24.5 Å². The van der Waals surface area contributed by atoms with Crippen molar-refractivity contribution in [2.45, 2.75) is 270 Å². The molecule has 3 N–H and O–H groups in total. The SMILES string of the molecule is CC/C=C/C=C/C=C/C=C\CCCCCCCC(=O)OC(CCC/C=C\C/C=C\C/C=C\C/C=C\CCCCC)CC(=O)NC(CO)C(O)CCCCCCCCCCCCCCCCCC. The summed E-state index contributed by atoms with van der Waals surface area (Å²) in [6.45, 7) is 6.31. The average Bonchev–Trinajstić information content (AvgIpc) is 3.32. The molecule has 0 aromatic rings. The number of carbonyl (C=O) groups excluding carboxylic acids is 2. The number of amides is 1. The molecule has 6 nitrogen and oxygen atoms in total. The lowest BCUT2D eigenvalue weighted by molar-refractivity contribution is -0.151. The predicted molar refractivity (Wildman–Crippen MR) is 291 cm³/mol. The zero-order chi connectivity index (χ0) is 48.8. The first-order valence-electron chi connectivity index (χ1n) is 28.0. The van der Waals surface area contributed by atoms with Crippen LogP contribution >= 0.6 is 0 Å². The number of nitrogens with one attached hydrogen (secondary N) is 1. The molecule has 0 saturated heterocycles. The number of carbonyl (C=O) groups is 2. The van der Waals surface area contributed by atoms with Crippen molar-refractivity contribution >= 4 is 11.9 Å². The van der Waals surface area contributed by atoms with Gasteiger partial charge in [0.15, 0.2) is 0 Å². The number of aliphatic hydroxyl groups is 2. The second kappa shape index (κ2) is 53.7. The topological polar surface area (TPSA) is 95.9 Å². The van der Waals surface area contributed by atoms with Gasteiger partial charge in [0, 0.05) is 6.42 Å². The van der Waals surface area contributed by atoms with Crippen LogP contribution in [-0.2, 0) is 14.3 Å². The van der Waals surface area contributed by atoms with Crippen LogP contribution in [-0.4, -0.2) is 46.9 Å². The minimum Gasteiger partial charge on any atom is -0.462 e. The van der Waals surface area contributed by atoms with E-state index < -0.39 is 18.2 Å². The lowest BCUT2D eigenvalue weighted by atomic mass is 10.0. The van der Waals surface area contributed by atoms with Gasteiger partial charge in [0.1, 0.15) is 6.10 Å². The third-order valence-electron chi connectivity index (χ3n) is 12.2. The first-order chi connectivity index (χ1) is 33.0. The molecular weight excluding hydrogens is 827 g/mol. The van der Waals surface area contributed by atoms with Gasteiger partial charge in [0.05, 0.1) is 25.2 Å². The second-order valence-corrected chi connectivity index (χ2v) is 18.7. The molecule has 0 rings (SSSR count). The second-order valence-electron chi connectivity index (χ2n) is 18.7. The Bertz CT molecular complexity index is 1320. The van der Waals surface area contributed by atoms with E-state index in [9.17, 15) is 19.8 Å². The fourth-order valence-electron chi connectivity index (χ4n) is 8.02. The fourth-order valence-corrected chi connectivity index (χ4v) is 8.02. The molecule has 3 unspecified atom stereocenters. The van der Waals surface area contributed by atoms with E-state index in [2.05, 4.69) is 105 Å². The standard InChI is InChI=1S/C61H105NO5/c1-4-7-10-13-16-19-22-25-28-30-32-34-37-40-43-46-49-52-57(67-61(66)54-51-48-45-42-39-36-31-27-24-21-18-15-12-9-6-3)55-60(65)62-58(56-63)59(64)53-50-47-44-41-38-35-33-29-26-23-20-17-14-11-8-5-2/h9,12,15-16,18-19,21,24-25,27-28,31-32,34,40,43,57-59,63-64H,4-8,10-11,13-14,17,20,22-23,26,29-30,33,35-39,41-42,44-56H2,1-3H3,(H,62,65)/b12-9+,18-15+,19-16-,24-21+,28-25-,31-27-,34-32-,43-40-. The third kappa shape index (κ3) is 49.0. The maximum Gasteiger partial charge on any atom is 0.306 e. The molecule has 0 aliphatic carbocycles. The Balaban J connectivity index is 4.71. The molecule has 384 valence electrons. The van der Waals surface area contributed by atoms with Gasteiger partial charge in [-0.05, 0) is 83.5 Å². The highest BCUT2D eigenvalue weighted by Gasteiger charge is 2.24. The van der Waals surface area contributed by atoms with E-state index in [1.807, 2.05) is 18.2 Å². The molecule has 0 spiro atoms. The Kier molecular flexibility index (Phi) is 51.1. The Hall–Kier alpha value is -3.22. The minimum absolute atomic E-state index is 0.0253. The number of hydrogen-bond donors (Lipinski definition) is 3. The van der Waals surface area contributed by atoms with Crippen LogP contribution in [0.3, 0.4) is 0 Å². The summed E-state index contributed by atoms with van der Waals surface area (Å²) in [4.78, 5) is 26.2. The van der Waals surface area contributed by atoms with Crippen molar-refractivity contribution in [3.8, 4) is 0 Å². The molecule has 0 fully saturated rings. The Morgan fingerprint density at radius 1 is 0.463 bits per heavy atom. The average molecular weight is 933 g/mol. The van der Waals surface area contributed by atoms with Gasteiger partial charge in [-0.15, -0.1) is 0 Å². The number of ether oxygens (including phenoxy) is 1. The van der Waals surface area contributed by atoms with Crippen LogP contribution in [0.1, 0.15) is 252 Å². The van der Waals surface area contributed by atoms with Crippen LogP contribution in [0.15, 0.2) is 97.2 Å².